The standard InChI is InChI=1S/C20H17NO/c22-20(18-11-5-8-14-6-1-3-9-16(14)18)19-17-10-4-2-7-15(17)12-13-21-19/h1-11,19,21H,12-13H2. The van der Waals surface area contributed by atoms with E-state index in [9.17, 15) is 4.79 Å². The van der Waals surface area contributed by atoms with Crippen LogP contribution in [0.2, 0.25) is 0 Å². The highest BCUT2D eigenvalue weighted by atomic mass is 16.1. The number of carbonyl (C=O) groups is 1. The van der Waals surface area contributed by atoms with Gasteiger partial charge in [0, 0.05) is 12.1 Å². The van der Waals surface area contributed by atoms with Gasteiger partial charge in [-0.15, -0.1) is 0 Å². The fourth-order valence-electron chi connectivity index (χ4n) is 3.33. The Hall–Kier alpha value is -2.45. The van der Waals surface area contributed by atoms with Crippen molar-refractivity contribution in [2.45, 2.75) is 12.5 Å². The van der Waals surface area contributed by atoms with Crippen molar-refractivity contribution in [2.75, 3.05) is 6.54 Å². The van der Waals surface area contributed by atoms with Gasteiger partial charge in [-0.2, -0.15) is 0 Å². The number of rotatable bonds is 2. The Morgan fingerprint density at radius 1 is 0.909 bits per heavy atom. The van der Waals surface area contributed by atoms with Crippen molar-refractivity contribution in [3.8, 4) is 0 Å². The molecule has 1 atom stereocenters. The van der Waals surface area contributed by atoms with Gasteiger partial charge in [-0.25, -0.2) is 0 Å². The molecule has 0 spiro atoms. The van der Waals surface area contributed by atoms with Crippen molar-refractivity contribution < 1.29 is 4.79 Å². The topological polar surface area (TPSA) is 29.1 Å². The molecule has 3 aromatic rings. The molecule has 2 heteroatoms. The van der Waals surface area contributed by atoms with Crippen LogP contribution in [0.25, 0.3) is 10.8 Å². The van der Waals surface area contributed by atoms with E-state index in [1.165, 1.54) is 5.56 Å². The van der Waals surface area contributed by atoms with Crippen LogP contribution in [0.3, 0.4) is 0 Å². The normalized spacial score (nSPS) is 17.2. The van der Waals surface area contributed by atoms with E-state index in [-0.39, 0.29) is 11.8 Å². The first-order chi connectivity index (χ1) is 10.8. The fourth-order valence-corrected chi connectivity index (χ4v) is 3.33. The lowest BCUT2D eigenvalue weighted by Gasteiger charge is -2.26. The van der Waals surface area contributed by atoms with Crippen LogP contribution in [0, 0.1) is 0 Å². The van der Waals surface area contributed by atoms with Gasteiger partial charge in [0.05, 0.1) is 6.04 Å². The van der Waals surface area contributed by atoms with E-state index in [4.69, 9.17) is 0 Å². The zero-order valence-corrected chi connectivity index (χ0v) is 12.3. The van der Waals surface area contributed by atoms with E-state index in [0.29, 0.717) is 0 Å². The summed E-state index contributed by atoms with van der Waals surface area (Å²) in [4.78, 5) is 13.1. The molecule has 0 amide bonds. The van der Waals surface area contributed by atoms with Gasteiger partial charge in [-0.05, 0) is 28.3 Å². The number of Topliss-reactive ketones (excluding diaryl/α,β-unsaturated/α-hetero) is 1. The van der Waals surface area contributed by atoms with Gasteiger partial charge in [0.15, 0.2) is 5.78 Å². The van der Waals surface area contributed by atoms with Crippen LogP contribution in [-0.2, 0) is 6.42 Å². The Balaban J connectivity index is 1.82. The predicted octanol–water partition coefficient (Wildman–Crippen LogP) is 3.91. The SMILES string of the molecule is O=C(c1cccc2ccccc12)C1NCCc2ccccc21. The summed E-state index contributed by atoms with van der Waals surface area (Å²) in [5.74, 6) is 0.156. The third-order valence-electron chi connectivity index (χ3n) is 4.43. The number of benzene rings is 3. The van der Waals surface area contributed by atoms with E-state index >= 15 is 0 Å². The van der Waals surface area contributed by atoms with E-state index in [1.54, 1.807) is 0 Å². The largest absolute Gasteiger partial charge is 0.303 e. The zero-order valence-electron chi connectivity index (χ0n) is 12.3. The molecule has 1 unspecified atom stereocenters. The highest BCUT2D eigenvalue weighted by Crippen LogP contribution is 2.28. The molecule has 0 aromatic heterocycles. The van der Waals surface area contributed by atoms with E-state index < -0.39 is 0 Å². The number of fused-ring (bicyclic) bond motifs is 2. The summed E-state index contributed by atoms with van der Waals surface area (Å²) in [6.07, 6.45) is 0.982. The summed E-state index contributed by atoms with van der Waals surface area (Å²) in [5.41, 5.74) is 3.19. The summed E-state index contributed by atoms with van der Waals surface area (Å²) in [7, 11) is 0. The van der Waals surface area contributed by atoms with Crippen molar-refractivity contribution in [2.24, 2.45) is 0 Å². The van der Waals surface area contributed by atoms with Crippen LogP contribution in [0.4, 0.5) is 0 Å². The molecule has 0 bridgehead atoms. The molecule has 0 fully saturated rings. The molecule has 1 heterocycles. The maximum absolute atomic E-state index is 13.1. The minimum atomic E-state index is -0.240. The third-order valence-corrected chi connectivity index (χ3v) is 4.43. The number of hydrogen-bond acceptors (Lipinski definition) is 2. The lowest BCUT2D eigenvalue weighted by atomic mass is 9.88. The van der Waals surface area contributed by atoms with Crippen molar-refractivity contribution in [1.29, 1.82) is 0 Å². The number of nitrogens with one attached hydrogen (secondary N) is 1. The Morgan fingerprint density at radius 3 is 2.64 bits per heavy atom. The summed E-state index contributed by atoms with van der Waals surface area (Å²) in [6.45, 7) is 0.845. The Labute approximate surface area is 129 Å². The van der Waals surface area contributed by atoms with Gasteiger partial charge in [-0.3, -0.25) is 4.79 Å². The van der Waals surface area contributed by atoms with E-state index in [0.717, 1.165) is 34.9 Å². The first kappa shape index (κ1) is 13.2. The number of ketones is 1. The van der Waals surface area contributed by atoms with Crippen LogP contribution in [0.15, 0.2) is 66.7 Å². The van der Waals surface area contributed by atoms with Crippen molar-refractivity contribution in [3.05, 3.63) is 83.4 Å². The highest BCUT2D eigenvalue weighted by molar-refractivity contribution is 6.10. The summed E-state index contributed by atoms with van der Waals surface area (Å²) in [5, 5.41) is 5.53. The molecule has 108 valence electrons. The molecule has 4 rings (SSSR count). The molecule has 22 heavy (non-hydrogen) atoms. The van der Waals surface area contributed by atoms with Crippen LogP contribution in [-0.4, -0.2) is 12.3 Å². The predicted molar refractivity (Wildman–Crippen MR) is 89.2 cm³/mol. The molecular formula is C20H17NO. The molecule has 0 saturated carbocycles. The van der Waals surface area contributed by atoms with E-state index in [2.05, 4.69) is 17.4 Å². The second kappa shape index (κ2) is 5.39. The summed E-state index contributed by atoms with van der Waals surface area (Å²) in [6, 6.07) is 22.0. The lowest BCUT2D eigenvalue weighted by Crippen LogP contribution is -2.35. The first-order valence-electron chi connectivity index (χ1n) is 7.68. The maximum Gasteiger partial charge on any atom is 0.184 e. The molecule has 0 radical (unpaired) electrons. The van der Waals surface area contributed by atoms with Gasteiger partial charge in [0.25, 0.3) is 0 Å². The Kier molecular flexibility index (Phi) is 3.24. The maximum atomic E-state index is 13.1. The molecule has 1 aliphatic heterocycles. The van der Waals surface area contributed by atoms with Gasteiger partial charge in [0.1, 0.15) is 0 Å². The molecule has 1 N–H and O–H groups in total. The van der Waals surface area contributed by atoms with Crippen LogP contribution < -0.4 is 5.32 Å². The van der Waals surface area contributed by atoms with Gasteiger partial charge >= 0.3 is 0 Å². The lowest BCUT2D eigenvalue weighted by molar-refractivity contribution is 0.0941. The fraction of sp³-hybridized carbons (Fsp3) is 0.150. The Bertz CT molecular complexity index is 848. The van der Waals surface area contributed by atoms with Crippen LogP contribution in [0.5, 0.6) is 0 Å². The van der Waals surface area contributed by atoms with Gasteiger partial charge in [-0.1, -0.05) is 66.7 Å². The zero-order chi connectivity index (χ0) is 14.9. The smallest absolute Gasteiger partial charge is 0.184 e. The molecule has 2 nitrogen and oxygen atoms in total. The molecule has 1 aliphatic rings. The van der Waals surface area contributed by atoms with Crippen LogP contribution >= 0.6 is 0 Å². The summed E-state index contributed by atoms with van der Waals surface area (Å²) >= 11 is 0. The van der Waals surface area contributed by atoms with Crippen molar-refractivity contribution in [3.63, 3.8) is 0 Å². The average molecular weight is 287 g/mol. The number of carbonyl (C=O) groups excluding carboxylic acids is 1. The van der Waals surface area contributed by atoms with Gasteiger partial charge in [0.2, 0.25) is 0 Å². The third kappa shape index (κ3) is 2.13. The minimum absolute atomic E-state index is 0.156. The summed E-state index contributed by atoms with van der Waals surface area (Å²) < 4.78 is 0. The second-order valence-corrected chi connectivity index (χ2v) is 5.73. The molecule has 3 aromatic carbocycles. The first-order valence-corrected chi connectivity index (χ1v) is 7.68. The highest BCUT2D eigenvalue weighted by Gasteiger charge is 2.27. The van der Waals surface area contributed by atoms with Gasteiger partial charge < -0.3 is 5.32 Å². The quantitative estimate of drug-likeness (QED) is 0.724. The van der Waals surface area contributed by atoms with Crippen molar-refractivity contribution >= 4 is 16.6 Å². The average Bonchev–Trinajstić information content (AvgIpc) is 2.60. The number of hydrogen-bond donors (Lipinski definition) is 1. The minimum Gasteiger partial charge on any atom is -0.303 e. The Morgan fingerprint density at radius 2 is 1.68 bits per heavy atom. The monoisotopic (exact) mass is 287 g/mol. The van der Waals surface area contributed by atoms with Crippen molar-refractivity contribution in [1.82, 2.24) is 5.32 Å². The van der Waals surface area contributed by atoms with Crippen LogP contribution in [0.1, 0.15) is 27.5 Å². The molecule has 0 saturated heterocycles. The van der Waals surface area contributed by atoms with E-state index in [1.807, 2.05) is 54.6 Å². The molecular weight excluding hydrogens is 270 g/mol. The second-order valence-electron chi connectivity index (χ2n) is 5.73. The molecule has 0 aliphatic carbocycles.